The third kappa shape index (κ3) is 3.34. The Morgan fingerprint density at radius 3 is 2.90 bits per heavy atom. The summed E-state index contributed by atoms with van der Waals surface area (Å²) in [5.74, 6) is -0.401. The minimum Gasteiger partial charge on any atom is -0.505 e. The molecule has 0 bridgehead atoms. The van der Waals surface area contributed by atoms with E-state index in [0.717, 1.165) is 24.4 Å². The van der Waals surface area contributed by atoms with Crippen molar-refractivity contribution >= 4 is 5.91 Å². The number of nitrogens with zero attached hydrogens (tertiary/aromatic N) is 3. The first-order valence-electron chi connectivity index (χ1n) is 6.50. The van der Waals surface area contributed by atoms with Gasteiger partial charge in [0.15, 0.2) is 0 Å². The SMILES string of the molecule is Cc1cc(C)n(CCCNC(=O)c2ccncc2O)n1. The molecule has 2 rings (SSSR count). The van der Waals surface area contributed by atoms with Crippen molar-refractivity contribution in [3.05, 3.63) is 41.5 Å². The van der Waals surface area contributed by atoms with Crippen molar-refractivity contribution < 1.29 is 9.90 Å². The molecule has 0 aliphatic carbocycles. The molecule has 0 saturated heterocycles. The molecule has 2 heterocycles. The zero-order valence-corrected chi connectivity index (χ0v) is 11.6. The number of nitrogens with one attached hydrogen (secondary N) is 1. The van der Waals surface area contributed by atoms with Gasteiger partial charge in [0.1, 0.15) is 5.75 Å². The zero-order chi connectivity index (χ0) is 14.5. The summed E-state index contributed by atoms with van der Waals surface area (Å²) in [5.41, 5.74) is 2.35. The van der Waals surface area contributed by atoms with Crippen LogP contribution in [0.5, 0.6) is 5.75 Å². The maximum absolute atomic E-state index is 11.8. The van der Waals surface area contributed by atoms with Crippen molar-refractivity contribution in [1.29, 1.82) is 0 Å². The highest BCUT2D eigenvalue weighted by Crippen LogP contribution is 2.13. The summed E-state index contributed by atoms with van der Waals surface area (Å²) < 4.78 is 1.92. The van der Waals surface area contributed by atoms with Crippen molar-refractivity contribution in [3.8, 4) is 5.75 Å². The Morgan fingerprint density at radius 1 is 1.45 bits per heavy atom. The van der Waals surface area contributed by atoms with Crippen LogP contribution in [0.15, 0.2) is 24.5 Å². The fourth-order valence-corrected chi connectivity index (χ4v) is 2.01. The van der Waals surface area contributed by atoms with Gasteiger partial charge in [0.25, 0.3) is 5.91 Å². The van der Waals surface area contributed by atoms with Gasteiger partial charge < -0.3 is 10.4 Å². The lowest BCUT2D eigenvalue weighted by Gasteiger charge is -2.07. The van der Waals surface area contributed by atoms with E-state index in [1.807, 2.05) is 24.6 Å². The minimum atomic E-state index is -0.293. The minimum absolute atomic E-state index is 0.108. The van der Waals surface area contributed by atoms with Gasteiger partial charge in [0.2, 0.25) is 0 Å². The molecule has 106 valence electrons. The molecule has 0 radical (unpaired) electrons. The van der Waals surface area contributed by atoms with Gasteiger partial charge in [0.05, 0.1) is 17.5 Å². The molecule has 0 atom stereocenters. The highest BCUT2D eigenvalue weighted by atomic mass is 16.3. The second-order valence-corrected chi connectivity index (χ2v) is 4.65. The van der Waals surface area contributed by atoms with Gasteiger partial charge in [-0.2, -0.15) is 5.10 Å². The number of amides is 1. The monoisotopic (exact) mass is 274 g/mol. The molecular weight excluding hydrogens is 256 g/mol. The number of carbonyl (C=O) groups excluding carboxylic acids is 1. The first kappa shape index (κ1) is 14.0. The number of hydrogen-bond acceptors (Lipinski definition) is 4. The Labute approximate surface area is 117 Å². The van der Waals surface area contributed by atoms with E-state index >= 15 is 0 Å². The number of aromatic hydroxyl groups is 1. The molecule has 0 aliphatic heterocycles. The second-order valence-electron chi connectivity index (χ2n) is 4.65. The fraction of sp³-hybridized carbons (Fsp3) is 0.357. The largest absolute Gasteiger partial charge is 0.505 e. The highest BCUT2D eigenvalue weighted by molar-refractivity contribution is 5.96. The van der Waals surface area contributed by atoms with E-state index in [1.54, 1.807) is 0 Å². The predicted octanol–water partition coefficient (Wildman–Crippen LogP) is 1.42. The lowest BCUT2D eigenvalue weighted by atomic mass is 10.2. The lowest BCUT2D eigenvalue weighted by molar-refractivity contribution is 0.0950. The Hall–Kier alpha value is -2.37. The van der Waals surface area contributed by atoms with E-state index in [2.05, 4.69) is 15.4 Å². The summed E-state index contributed by atoms with van der Waals surface area (Å²) in [5, 5.41) is 16.6. The smallest absolute Gasteiger partial charge is 0.255 e. The van der Waals surface area contributed by atoms with Gasteiger partial charge in [-0.25, -0.2) is 0 Å². The summed E-state index contributed by atoms with van der Waals surface area (Å²) in [6.45, 7) is 5.24. The van der Waals surface area contributed by atoms with Crippen LogP contribution in [-0.2, 0) is 6.54 Å². The molecule has 1 amide bonds. The van der Waals surface area contributed by atoms with Crippen LogP contribution in [0.2, 0.25) is 0 Å². The molecule has 2 N–H and O–H groups in total. The molecule has 0 aliphatic rings. The quantitative estimate of drug-likeness (QED) is 0.808. The summed E-state index contributed by atoms with van der Waals surface area (Å²) in [6, 6.07) is 3.51. The average molecular weight is 274 g/mol. The number of rotatable bonds is 5. The van der Waals surface area contributed by atoms with Crippen molar-refractivity contribution in [2.24, 2.45) is 0 Å². The third-order valence-corrected chi connectivity index (χ3v) is 2.98. The van der Waals surface area contributed by atoms with Crippen LogP contribution in [0.3, 0.4) is 0 Å². The lowest BCUT2D eigenvalue weighted by Crippen LogP contribution is -2.25. The van der Waals surface area contributed by atoms with E-state index in [4.69, 9.17) is 0 Å². The van der Waals surface area contributed by atoms with Gasteiger partial charge in [-0.15, -0.1) is 0 Å². The standard InChI is InChI=1S/C14H18N4O2/c1-10-8-11(2)18(17-10)7-3-5-16-14(20)12-4-6-15-9-13(12)19/h4,6,8-9,19H,3,5,7H2,1-2H3,(H,16,20). The van der Waals surface area contributed by atoms with E-state index in [9.17, 15) is 9.90 Å². The first-order chi connectivity index (χ1) is 9.58. The molecule has 2 aromatic heterocycles. The molecule has 6 heteroatoms. The Bertz CT molecular complexity index is 607. The van der Waals surface area contributed by atoms with Gasteiger partial charge in [-0.1, -0.05) is 0 Å². The average Bonchev–Trinajstić information content (AvgIpc) is 2.73. The zero-order valence-electron chi connectivity index (χ0n) is 11.6. The van der Waals surface area contributed by atoms with E-state index in [1.165, 1.54) is 18.5 Å². The molecular formula is C14H18N4O2. The highest BCUT2D eigenvalue weighted by Gasteiger charge is 2.09. The topological polar surface area (TPSA) is 80.0 Å². The number of aromatic nitrogens is 3. The number of pyridine rings is 1. The summed E-state index contributed by atoms with van der Waals surface area (Å²) >= 11 is 0. The van der Waals surface area contributed by atoms with Crippen LogP contribution in [0.4, 0.5) is 0 Å². The van der Waals surface area contributed by atoms with Gasteiger partial charge in [0, 0.05) is 25.0 Å². The number of hydrogen-bond donors (Lipinski definition) is 2. The normalized spacial score (nSPS) is 10.5. The van der Waals surface area contributed by atoms with Crippen LogP contribution in [0, 0.1) is 13.8 Å². The fourth-order valence-electron chi connectivity index (χ4n) is 2.01. The second kappa shape index (κ2) is 6.18. The molecule has 2 aromatic rings. The molecule has 0 unspecified atom stereocenters. The van der Waals surface area contributed by atoms with Gasteiger partial charge in [-0.05, 0) is 32.4 Å². The molecule has 0 spiro atoms. The van der Waals surface area contributed by atoms with Crippen LogP contribution in [0.25, 0.3) is 0 Å². The van der Waals surface area contributed by atoms with Crippen molar-refractivity contribution in [2.75, 3.05) is 6.54 Å². The van der Waals surface area contributed by atoms with Crippen molar-refractivity contribution in [3.63, 3.8) is 0 Å². The van der Waals surface area contributed by atoms with Crippen molar-refractivity contribution in [1.82, 2.24) is 20.1 Å². The Balaban J connectivity index is 1.80. The predicted molar refractivity (Wildman–Crippen MR) is 74.6 cm³/mol. The Morgan fingerprint density at radius 2 is 2.25 bits per heavy atom. The van der Waals surface area contributed by atoms with Crippen LogP contribution < -0.4 is 5.32 Å². The maximum atomic E-state index is 11.8. The van der Waals surface area contributed by atoms with Gasteiger partial charge in [-0.3, -0.25) is 14.5 Å². The molecule has 20 heavy (non-hydrogen) atoms. The first-order valence-corrected chi connectivity index (χ1v) is 6.50. The molecule has 0 fully saturated rings. The van der Waals surface area contributed by atoms with E-state index < -0.39 is 0 Å². The van der Waals surface area contributed by atoms with E-state index in [-0.39, 0.29) is 17.2 Å². The third-order valence-electron chi connectivity index (χ3n) is 2.98. The molecule has 6 nitrogen and oxygen atoms in total. The molecule has 0 saturated carbocycles. The van der Waals surface area contributed by atoms with Gasteiger partial charge >= 0.3 is 0 Å². The maximum Gasteiger partial charge on any atom is 0.255 e. The van der Waals surface area contributed by atoms with Crippen LogP contribution in [-0.4, -0.2) is 32.3 Å². The summed E-state index contributed by atoms with van der Waals surface area (Å²) in [6.07, 6.45) is 3.51. The number of carbonyl (C=O) groups is 1. The van der Waals surface area contributed by atoms with E-state index in [0.29, 0.717) is 6.54 Å². The number of aryl methyl sites for hydroxylation is 3. The molecule has 0 aromatic carbocycles. The van der Waals surface area contributed by atoms with Crippen LogP contribution in [0.1, 0.15) is 28.2 Å². The summed E-state index contributed by atoms with van der Waals surface area (Å²) in [7, 11) is 0. The van der Waals surface area contributed by atoms with Crippen LogP contribution >= 0.6 is 0 Å². The summed E-state index contributed by atoms with van der Waals surface area (Å²) in [4.78, 5) is 15.6. The Kier molecular flexibility index (Phi) is 4.34. The van der Waals surface area contributed by atoms with Crippen molar-refractivity contribution in [2.45, 2.75) is 26.8 Å².